The first-order chi connectivity index (χ1) is 10.4. The zero-order valence-electron chi connectivity index (χ0n) is 13.6. The molecule has 0 bridgehead atoms. The van der Waals surface area contributed by atoms with Gasteiger partial charge in [-0.15, -0.1) is 4.68 Å². The number of para-hydroxylation sites is 2. The molecule has 1 aromatic heterocycles. The second-order valence-corrected chi connectivity index (χ2v) is 7.25. The van der Waals surface area contributed by atoms with Crippen molar-refractivity contribution in [1.29, 1.82) is 0 Å². The van der Waals surface area contributed by atoms with Crippen molar-refractivity contribution >= 4 is 11.0 Å². The number of fused-ring (bicyclic) bond motifs is 5. The second-order valence-electron chi connectivity index (χ2n) is 7.25. The molecule has 1 aliphatic heterocycles. The maximum absolute atomic E-state index is 6.48. The number of hydrogen-bond acceptors (Lipinski definition) is 1. The molecule has 4 rings (SSSR count). The van der Waals surface area contributed by atoms with Gasteiger partial charge in [-0.25, -0.2) is 4.57 Å². The Morgan fingerprint density at radius 3 is 2.32 bits per heavy atom. The minimum atomic E-state index is -0.0824. The van der Waals surface area contributed by atoms with Gasteiger partial charge in [0.2, 0.25) is 0 Å². The number of nitrogen functional groups attached to an aromatic ring is 1. The van der Waals surface area contributed by atoms with E-state index in [1.54, 1.807) is 0 Å². The summed E-state index contributed by atoms with van der Waals surface area (Å²) in [5.41, 5.74) is 4.76. The first-order valence-corrected chi connectivity index (χ1v) is 7.78. The average molecular weight is 292 g/mol. The summed E-state index contributed by atoms with van der Waals surface area (Å²) >= 11 is 0. The number of nitrogens with zero attached hydrogens (tertiary/aromatic N) is 2. The van der Waals surface area contributed by atoms with Crippen molar-refractivity contribution in [3.8, 4) is 11.4 Å². The molecule has 0 spiro atoms. The number of aromatic nitrogens is 2. The van der Waals surface area contributed by atoms with Gasteiger partial charge >= 0.3 is 5.82 Å². The molecule has 2 N–H and O–H groups in total. The van der Waals surface area contributed by atoms with Crippen LogP contribution in [0.3, 0.4) is 0 Å². The van der Waals surface area contributed by atoms with Crippen LogP contribution in [0.4, 0.5) is 0 Å². The second kappa shape index (κ2) is 3.92. The molecular formula is C19H22N3+. The Bertz CT molecular complexity index is 900. The molecule has 0 amide bonds. The van der Waals surface area contributed by atoms with Gasteiger partial charge in [0.1, 0.15) is 5.54 Å². The minimum absolute atomic E-state index is 0.00534. The van der Waals surface area contributed by atoms with Crippen LogP contribution in [-0.2, 0) is 11.0 Å². The molecule has 1 aliphatic rings. The van der Waals surface area contributed by atoms with Gasteiger partial charge < -0.3 is 0 Å². The predicted molar refractivity (Wildman–Crippen MR) is 90.1 cm³/mol. The highest BCUT2D eigenvalue weighted by Gasteiger charge is 2.52. The Morgan fingerprint density at radius 2 is 1.55 bits per heavy atom. The average Bonchev–Trinajstić information content (AvgIpc) is 2.80. The van der Waals surface area contributed by atoms with Crippen molar-refractivity contribution < 1.29 is 4.57 Å². The highest BCUT2D eigenvalue weighted by atomic mass is 15.4. The number of hydrogen-bond donors (Lipinski definition) is 1. The van der Waals surface area contributed by atoms with Gasteiger partial charge in [0.15, 0.2) is 11.0 Å². The summed E-state index contributed by atoms with van der Waals surface area (Å²) in [5.74, 6) is 7.56. The van der Waals surface area contributed by atoms with Crippen molar-refractivity contribution in [1.82, 2.24) is 4.68 Å². The van der Waals surface area contributed by atoms with Crippen LogP contribution >= 0.6 is 0 Å². The molecule has 3 heteroatoms. The molecule has 0 saturated heterocycles. The Morgan fingerprint density at radius 1 is 0.909 bits per heavy atom. The van der Waals surface area contributed by atoms with Crippen LogP contribution in [0.1, 0.15) is 33.3 Å². The van der Waals surface area contributed by atoms with Crippen LogP contribution < -0.4 is 10.4 Å². The number of rotatable bonds is 0. The molecule has 112 valence electrons. The summed E-state index contributed by atoms with van der Waals surface area (Å²) in [6.45, 7) is 9.26. The van der Waals surface area contributed by atoms with Gasteiger partial charge in [-0.05, 0) is 37.6 Å². The number of benzene rings is 2. The van der Waals surface area contributed by atoms with Crippen LogP contribution in [0.15, 0.2) is 48.5 Å². The van der Waals surface area contributed by atoms with E-state index in [9.17, 15) is 0 Å². The van der Waals surface area contributed by atoms with E-state index in [2.05, 4.69) is 74.7 Å². The Balaban J connectivity index is 2.26. The molecule has 0 unspecified atom stereocenters. The summed E-state index contributed by atoms with van der Waals surface area (Å²) in [6.07, 6.45) is 0. The third-order valence-electron chi connectivity index (χ3n) is 5.75. The summed E-state index contributed by atoms with van der Waals surface area (Å²) in [4.78, 5) is 0. The molecule has 0 radical (unpaired) electrons. The highest BCUT2D eigenvalue weighted by molar-refractivity contribution is 5.78. The smallest absolute Gasteiger partial charge is 0.268 e. The quantitative estimate of drug-likeness (QED) is 0.500. The Labute approximate surface area is 131 Å². The lowest BCUT2D eigenvalue weighted by Gasteiger charge is -2.43. The molecule has 3 nitrogen and oxygen atoms in total. The van der Waals surface area contributed by atoms with Gasteiger partial charge in [0.05, 0.1) is 5.56 Å². The molecule has 3 aromatic rings. The SMILES string of the molecule is CC1(C)c2ccccc2-c2n(N)c3ccccc3[n+]2C1(C)C. The minimum Gasteiger partial charge on any atom is -0.268 e. The number of imidazole rings is 1. The van der Waals surface area contributed by atoms with E-state index in [-0.39, 0.29) is 11.0 Å². The molecule has 2 aromatic carbocycles. The summed E-state index contributed by atoms with van der Waals surface area (Å²) in [6, 6.07) is 17.0. The largest absolute Gasteiger partial charge is 0.313 e. The zero-order valence-corrected chi connectivity index (χ0v) is 13.6. The van der Waals surface area contributed by atoms with E-state index in [0.29, 0.717) is 0 Å². The molecular weight excluding hydrogens is 270 g/mol. The molecule has 2 heterocycles. The van der Waals surface area contributed by atoms with Crippen LogP contribution in [0.2, 0.25) is 0 Å². The molecule has 0 saturated carbocycles. The Kier molecular flexibility index (Phi) is 2.38. The maximum atomic E-state index is 6.48. The number of nitrogens with two attached hydrogens (primary N) is 1. The van der Waals surface area contributed by atoms with Crippen molar-refractivity contribution in [2.45, 2.75) is 38.6 Å². The topological polar surface area (TPSA) is 34.8 Å². The van der Waals surface area contributed by atoms with E-state index >= 15 is 0 Å². The van der Waals surface area contributed by atoms with E-state index in [0.717, 1.165) is 11.3 Å². The van der Waals surface area contributed by atoms with Gasteiger partial charge in [0.25, 0.3) is 0 Å². The summed E-state index contributed by atoms with van der Waals surface area (Å²) in [7, 11) is 0. The fraction of sp³-hybridized carbons (Fsp3) is 0.316. The summed E-state index contributed by atoms with van der Waals surface area (Å²) in [5, 5.41) is 0. The van der Waals surface area contributed by atoms with Crippen molar-refractivity contribution in [3.63, 3.8) is 0 Å². The lowest BCUT2D eigenvalue weighted by molar-refractivity contribution is -0.737. The standard InChI is InChI=1S/C19H22N3/c1-18(2)14-10-6-5-9-13(14)17-21(19(18,3)4)15-11-7-8-12-16(15)22(17)20/h5-12H,20H2,1-4H3/q+1. The van der Waals surface area contributed by atoms with Crippen LogP contribution in [0.5, 0.6) is 0 Å². The van der Waals surface area contributed by atoms with Crippen molar-refractivity contribution in [3.05, 3.63) is 54.1 Å². The lowest BCUT2D eigenvalue weighted by Crippen LogP contribution is -2.65. The van der Waals surface area contributed by atoms with Crippen LogP contribution in [0, 0.1) is 0 Å². The zero-order chi connectivity index (χ0) is 15.7. The third-order valence-corrected chi connectivity index (χ3v) is 5.75. The molecule has 22 heavy (non-hydrogen) atoms. The predicted octanol–water partition coefficient (Wildman–Crippen LogP) is 3.34. The molecule has 0 aliphatic carbocycles. The van der Waals surface area contributed by atoms with Gasteiger partial charge in [0, 0.05) is 5.41 Å². The fourth-order valence-electron chi connectivity index (χ4n) is 3.84. The first kappa shape index (κ1) is 13.4. The van der Waals surface area contributed by atoms with E-state index < -0.39 is 0 Å². The normalized spacial score (nSPS) is 18.0. The van der Waals surface area contributed by atoms with E-state index in [4.69, 9.17) is 5.84 Å². The monoisotopic (exact) mass is 292 g/mol. The summed E-state index contributed by atoms with van der Waals surface area (Å²) < 4.78 is 4.25. The van der Waals surface area contributed by atoms with Gasteiger partial charge in [-0.2, -0.15) is 0 Å². The fourth-order valence-corrected chi connectivity index (χ4v) is 3.84. The maximum Gasteiger partial charge on any atom is 0.313 e. The third kappa shape index (κ3) is 1.34. The van der Waals surface area contributed by atoms with Crippen LogP contribution in [0.25, 0.3) is 22.4 Å². The van der Waals surface area contributed by atoms with Crippen molar-refractivity contribution in [2.24, 2.45) is 0 Å². The first-order valence-electron chi connectivity index (χ1n) is 7.78. The van der Waals surface area contributed by atoms with Gasteiger partial charge in [-0.3, -0.25) is 5.84 Å². The van der Waals surface area contributed by atoms with E-state index in [1.165, 1.54) is 16.6 Å². The van der Waals surface area contributed by atoms with Crippen molar-refractivity contribution in [2.75, 3.05) is 5.84 Å². The highest BCUT2D eigenvalue weighted by Crippen LogP contribution is 2.46. The van der Waals surface area contributed by atoms with Gasteiger partial charge in [-0.1, -0.05) is 44.2 Å². The van der Waals surface area contributed by atoms with E-state index in [1.807, 2.05) is 10.7 Å². The Hall–Kier alpha value is -2.29. The molecule has 0 atom stereocenters. The van der Waals surface area contributed by atoms with Crippen LogP contribution in [-0.4, -0.2) is 4.68 Å². The lowest BCUT2D eigenvalue weighted by atomic mass is 9.66. The molecule has 0 fully saturated rings.